The van der Waals surface area contributed by atoms with Crippen molar-refractivity contribution in [2.24, 2.45) is 0 Å². The van der Waals surface area contributed by atoms with Crippen LogP contribution in [0.5, 0.6) is 5.75 Å². The van der Waals surface area contributed by atoms with Crippen molar-refractivity contribution in [2.75, 3.05) is 12.4 Å². The van der Waals surface area contributed by atoms with Gasteiger partial charge in [0.25, 0.3) is 5.91 Å². The Labute approximate surface area is 158 Å². The van der Waals surface area contributed by atoms with E-state index in [0.717, 1.165) is 16.7 Å². The number of benzene rings is 3. The number of anilines is 1. The van der Waals surface area contributed by atoms with Crippen LogP contribution in [0.1, 0.15) is 5.56 Å². The van der Waals surface area contributed by atoms with Crippen molar-refractivity contribution in [3.05, 3.63) is 90.0 Å². The largest absolute Gasteiger partial charge is 0.497 e. The highest BCUT2D eigenvalue weighted by Gasteiger charge is 2.09. The number of methoxy groups -OCH3 is 1. The molecule has 3 aromatic rings. The normalized spacial score (nSPS) is 10.7. The second-order valence-corrected chi connectivity index (χ2v) is 5.84. The fourth-order valence-electron chi connectivity index (χ4n) is 2.59. The standard InChI is InChI=1S/C23H18N2O2/c1-27-22-13-11-21(12-14-22)25-23(26)20(16-24)15-17-7-9-19(10-8-17)18-5-3-2-4-6-18/h2-15H,1H3,(H,25,26)/b20-15+. The lowest BCUT2D eigenvalue weighted by Crippen LogP contribution is -2.13. The molecule has 3 rings (SSSR count). The number of carbonyl (C=O) groups is 1. The van der Waals surface area contributed by atoms with Gasteiger partial charge >= 0.3 is 0 Å². The zero-order valence-corrected chi connectivity index (χ0v) is 14.8. The summed E-state index contributed by atoms with van der Waals surface area (Å²) >= 11 is 0. The second kappa shape index (κ2) is 8.50. The van der Waals surface area contributed by atoms with Crippen LogP contribution in [0.2, 0.25) is 0 Å². The molecule has 0 unspecified atom stereocenters. The summed E-state index contributed by atoms with van der Waals surface area (Å²) in [4.78, 5) is 12.4. The molecule has 4 nitrogen and oxygen atoms in total. The minimum Gasteiger partial charge on any atom is -0.497 e. The SMILES string of the molecule is COc1ccc(NC(=O)/C(C#N)=C/c2ccc(-c3ccccc3)cc2)cc1. The van der Waals surface area contributed by atoms with E-state index in [2.05, 4.69) is 5.32 Å². The van der Waals surface area contributed by atoms with Crippen molar-refractivity contribution < 1.29 is 9.53 Å². The van der Waals surface area contributed by atoms with Crippen molar-refractivity contribution in [2.45, 2.75) is 0 Å². The zero-order chi connectivity index (χ0) is 19.1. The van der Waals surface area contributed by atoms with Gasteiger partial charge < -0.3 is 10.1 Å². The van der Waals surface area contributed by atoms with E-state index in [0.29, 0.717) is 11.4 Å². The van der Waals surface area contributed by atoms with E-state index >= 15 is 0 Å². The maximum absolute atomic E-state index is 12.4. The minimum absolute atomic E-state index is 0.0401. The number of nitrogens with zero attached hydrogens (tertiary/aromatic N) is 1. The number of rotatable bonds is 5. The van der Waals surface area contributed by atoms with Crippen LogP contribution in [0.15, 0.2) is 84.4 Å². The van der Waals surface area contributed by atoms with Gasteiger partial charge in [0.1, 0.15) is 17.4 Å². The summed E-state index contributed by atoms with van der Waals surface area (Å²) in [5.74, 6) is 0.248. The molecule has 0 aromatic heterocycles. The molecule has 0 bridgehead atoms. The van der Waals surface area contributed by atoms with Gasteiger partial charge in [-0.2, -0.15) is 5.26 Å². The number of nitrogens with one attached hydrogen (secondary N) is 1. The second-order valence-electron chi connectivity index (χ2n) is 5.84. The van der Waals surface area contributed by atoms with Crippen LogP contribution in [0.25, 0.3) is 17.2 Å². The highest BCUT2D eigenvalue weighted by atomic mass is 16.5. The first kappa shape index (κ1) is 18.0. The molecule has 27 heavy (non-hydrogen) atoms. The third kappa shape index (κ3) is 4.62. The summed E-state index contributed by atoms with van der Waals surface area (Å²) < 4.78 is 5.09. The summed E-state index contributed by atoms with van der Waals surface area (Å²) in [5.41, 5.74) is 3.62. The molecule has 1 amide bonds. The van der Waals surface area contributed by atoms with E-state index in [4.69, 9.17) is 4.74 Å². The number of hydrogen-bond acceptors (Lipinski definition) is 3. The molecule has 0 radical (unpaired) electrons. The van der Waals surface area contributed by atoms with Gasteiger partial charge in [-0.05, 0) is 47.0 Å². The lowest BCUT2D eigenvalue weighted by atomic mass is 10.0. The Morgan fingerprint density at radius 3 is 2.15 bits per heavy atom. The summed E-state index contributed by atoms with van der Waals surface area (Å²) in [6.07, 6.45) is 1.58. The topological polar surface area (TPSA) is 62.1 Å². The molecule has 1 N–H and O–H groups in total. The fraction of sp³-hybridized carbons (Fsp3) is 0.0435. The Morgan fingerprint density at radius 1 is 0.926 bits per heavy atom. The van der Waals surface area contributed by atoms with Crippen LogP contribution < -0.4 is 10.1 Å². The highest BCUT2D eigenvalue weighted by Crippen LogP contribution is 2.21. The van der Waals surface area contributed by atoms with Crippen molar-refractivity contribution in [3.8, 4) is 22.9 Å². The first-order chi connectivity index (χ1) is 13.2. The van der Waals surface area contributed by atoms with Gasteiger partial charge in [0, 0.05) is 5.69 Å². The molecular formula is C23H18N2O2. The van der Waals surface area contributed by atoms with E-state index in [9.17, 15) is 10.1 Å². The Balaban J connectivity index is 1.75. The molecule has 4 heteroatoms. The van der Waals surface area contributed by atoms with E-state index in [-0.39, 0.29) is 5.57 Å². The van der Waals surface area contributed by atoms with Crippen molar-refractivity contribution in [3.63, 3.8) is 0 Å². The first-order valence-corrected chi connectivity index (χ1v) is 8.42. The lowest BCUT2D eigenvalue weighted by molar-refractivity contribution is -0.112. The summed E-state index contributed by atoms with van der Waals surface area (Å²) in [6.45, 7) is 0. The maximum atomic E-state index is 12.4. The highest BCUT2D eigenvalue weighted by molar-refractivity contribution is 6.09. The van der Waals surface area contributed by atoms with Crippen LogP contribution in [-0.2, 0) is 4.79 Å². The molecule has 0 heterocycles. The average Bonchev–Trinajstić information content (AvgIpc) is 2.73. The summed E-state index contributed by atoms with van der Waals surface area (Å²) in [7, 11) is 1.58. The molecule has 0 aliphatic heterocycles. The monoisotopic (exact) mass is 354 g/mol. The summed E-state index contributed by atoms with van der Waals surface area (Å²) in [6, 6.07) is 26.6. The van der Waals surface area contributed by atoms with E-state index in [1.165, 1.54) is 0 Å². The predicted octanol–water partition coefficient (Wildman–Crippen LogP) is 4.91. The quantitative estimate of drug-likeness (QED) is 0.523. The maximum Gasteiger partial charge on any atom is 0.266 e. The van der Waals surface area contributed by atoms with E-state index in [1.807, 2.05) is 60.7 Å². The van der Waals surface area contributed by atoms with Gasteiger partial charge in [-0.1, -0.05) is 54.6 Å². The first-order valence-electron chi connectivity index (χ1n) is 8.42. The van der Waals surface area contributed by atoms with Crippen LogP contribution in [0.3, 0.4) is 0 Å². The molecule has 0 spiro atoms. The van der Waals surface area contributed by atoms with E-state index in [1.54, 1.807) is 37.5 Å². The molecule has 0 atom stereocenters. The fourth-order valence-corrected chi connectivity index (χ4v) is 2.59. The third-order valence-electron chi connectivity index (χ3n) is 4.04. The zero-order valence-electron chi connectivity index (χ0n) is 14.8. The van der Waals surface area contributed by atoms with Gasteiger partial charge in [0.2, 0.25) is 0 Å². The molecule has 132 valence electrons. The minimum atomic E-state index is -0.449. The molecule has 0 aliphatic carbocycles. The molecule has 0 saturated carbocycles. The predicted molar refractivity (Wildman–Crippen MR) is 107 cm³/mol. The van der Waals surface area contributed by atoms with Crippen LogP contribution in [0, 0.1) is 11.3 Å². The molecule has 3 aromatic carbocycles. The Kier molecular flexibility index (Phi) is 5.66. The average molecular weight is 354 g/mol. The Hall–Kier alpha value is -3.84. The molecular weight excluding hydrogens is 336 g/mol. The number of amides is 1. The number of carbonyl (C=O) groups excluding carboxylic acids is 1. The van der Waals surface area contributed by atoms with Gasteiger partial charge in [-0.3, -0.25) is 4.79 Å². The van der Waals surface area contributed by atoms with Crippen LogP contribution in [-0.4, -0.2) is 13.0 Å². The van der Waals surface area contributed by atoms with Crippen molar-refractivity contribution >= 4 is 17.7 Å². The van der Waals surface area contributed by atoms with Gasteiger partial charge in [0.05, 0.1) is 7.11 Å². The van der Waals surface area contributed by atoms with E-state index < -0.39 is 5.91 Å². The smallest absolute Gasteiger partial charge is 0.266 e. The third-order valence-corrected chi connectivity index (χ3v) is 4.04. The van der Waals surface area contributed by atoms with Gasteiger partial charge in [-0.15, -0.1) is 0 Å². The Bertz CT molecular complexity index is 983. The van der Waals surface area contributed by atoms with Crippen LogP contribution in [0.4, 0.5) is 5.69 Å². The number of hydrogen-bond donors (Lipinski definition) is 1. The van der Waals surface area contributed by atoms with Crippen molar-refractivity contribution in [1.82, 2.24) is 0 Å². The lowest BCUT2D eigenvalue weighted by Gasteiger charge is -2.06. The number of nitriles is 1. The number of ether oxygens (including phenoxy) is 1. The van der Waals surface area contributed by atoms with Gasteiger partial charge in [0.15, 0.2) is 0 Å². The molecule has 0 fully saturated rings. The molecule has 0 aliphatic rings. The van der Waals surface area contributed by atoms with Crippen LogP contribution >= 0.6 is 0 Å². The van der Waals surface area contributed by atoms with Crippen molar-refractivity contribution in [1.29, 1.82) is 5.26 Å². The van der Waals surface area contributed by atoms with Gasteiger partial charge in [-0.25, -0.2) is 0 Å². The molecule has 0 saturated heterocycles. The summed E-state index contributed by atoms with van der Waals surface area (Å²) in [5, 5.41) is 12.1. The Morgan fingerprint density at radius 2 is 1.56 bits per heavy atom.